The Morgan fingerprint density at radius 2 is 1.57 bits per heavy atom. The van der Waals surface area contributed by atoms with Crippen LogP contribution in [0.15, 0.2) is 59.7 Å². The second-order valence-electron chi connectivity index (χ2n) is 6.39. The Hall–Kier alpha value is -2.39. The average molecular weight is 446 g/mol. The third kappa shape index (κ3) is 8.96. The lowest BCUT2D eigenvalue weighted by Crippen LogP contribution is -2.12. The van der Waals surface area contributed by atoms with Gasteiger partial charge >= 0.3 is 6.18 Å². The lowest BCUT2D eigenvalue weighted by molar-refractivity contribution is -0.141. The van der Waals surface area contributed by atoms with Gasteiger partial charge in [-0.2, -0.15) is 13.2 Å². The number of nitrogens with zero attached hydrogens (tertiary/aromatic N) is 2. The van der Waals surface area contributed by atoms with Crippen molar-refractivity contribution in [3.05, 3.63) is 66.3 Å². The van der Waals surface area contributed by atoms with Gasteiger partial charge in [0.05, 0.1) is 4.90 Å². The van der Waals surface area contributed by atoms with Gasteiger partial charge in [0, 0.05) is 18.3 Å². The van der Waals surface area contributed by atoms with E-state index in [0.29, 0.717) is 11.3 Å². The summed E-state index contributed by atoms with van der Waals surface area (Å²) >= 11 is 0. The number of allylic oxidation sites excluding steroid dienone is 2. The van der Waals surface area contributed by atoms with Crippen LogP contribution in [0.3, 0.4) is 0 Å². The molecule has 30 heavy (non-hydrogen) atoms. The Bertz CT molecular complexity index is 945. The molecule has 0 bridgehead atoms. The zero-order valence-electron chi connectivity index (χ0n) is 18.0. The van der Waals surface area contributed by atoms with E-state index in [0.717, 1.165) is 12.6 Å². The predicted octanol–water partition coefficient (Wildman–Crippen LogP) is 5.66. The molecule has 2 aromatic rings. The van der Waals surface area contributed by atoms with Crippen molar-refractivity contribution >= 4 is 10.0 Å². The first kappa shape index (κ1) is 27.6. The van der Waals surface area contributed by atoms with Crippen LogP contribution >= 0.6 is 0 Å². The number of alkyl halides is 3. The molecule has 0 fully saturated rings. The molecule has 2 rings (SSSR count). The molecule has 0 saturated carbocycles. The molecule has 168 valence electrons. The van der Waals surface area contributed by atoms with Gasteiger partial charge in [-0.15, -0.1) is 6.58 Å². The fourth-order valence-corrected chi connectivity index (χ4v) is 2.49. The van der Waals surface area contributed by atoms with Crippen LogP contribution in [-0.4, -0.2) is 18.0 Å². The fourth-order valence-electron chi connectivity index (χ4n) is 1.97. The summed E-state index contributed by atoms with van der Waals surface area (Å²) in [4.78, 5) is 3.48. The molecule has 0 radical (unpaired) electrons. The molecular formula is C21H30F3N3O2S. The summed E-state index contributed by atoms with van der Waals surface area (Å²) in [5.41, 5.74) is 1.22. The van der Waals surface area contributed by atoms with Gasteiger partial charge in [0.2, 0.25) is 10.0 Å². The van der Waals surface area contributed by atoms with Crippen LogP contribution in [0.4, 0.5) is 13.2 Å². The average Bonchev–Trinajstić information content (AvgIpc) is 3.06. The molecule has 0 aliphatic rings. The Balaban J connectivity index is 0.00000105. The van der Waals surface area contributed by atoms with E-state index in [4.69, 9.17) is 5.14 Å². The second-order valence-corrected chi connectivity index (χ2v) is 7.96. The molecule has 1 aromatic heterocycles. The molecule has 0 aliphatic carbocycles. The van der Waals surface area contributed by atoms with E-state index in [1.807, 2.05) is 20.8 Å². The number of nitrogens with two attached hydrogens (primary N) is 1. The van der Waals surface area contributed by atoms with Crippen molar-refractivity contribution in [2.75, 3.05) is 0 Å². The molecule has 0 unspecified atom stereocenters. The summed E-state index contributed by atoms with van der Waals surface area (Å²) in [6.07, 6.45) is -2.44. The van der Waals surface area contributed by atoms with Crippen molar-refractivity contribution in [1.29, 1.82) is 0 Å². The van der Waals surface area contributed by atoms with Crippen LogP contribution in [0.5, 0.6) is 0 Å². The predicted molar refractivity (Wildman–Crippen MR) is 115 cm³/mol. The molecule has 0 saturated heterocycles. The van der Waals surface area contributed by atoms with Crippen LogP contribution in [0.1, 0.15) is 52.6 Å². The lowest BCUT2D eigenvalue weighted by atomic mass is 10.2. The Kier molecular flexibility index (Phi) is 10.8. The first-order chi connectivity index (χ1) is 13.8. The Morgan fingerprint density at radius 1 is 1.10 bits per heavy atom. The van der Waals surface area contributed by atoms with Gasteiger partial charge < -0.3 is 4.57 Å². The van der Waals surface area contributed by atoms with E-state index < -0.39 is 21.9 Å². The highest BCUT2D eigenvalue weighted by atomic mass is 32.2. The standard InChI is InChI=1S/C14H14F3N3O2S.C5H10.C2H6/c1-9(2)7-13-19-12(14(15,16)17)8-20(13)10-3-5-11(6-4-10)23(18,21)22;1-4-5(2)3;1-2/h3-6,8H,1,7H2,2H3,(H2,18,21,22);2,4H2,1,3H3;1-2H3. The summed E-state index contributed by atoms with van der Waals surface area (Å²) in [7, 11) is -3.87. The summed E-state index contributed by atoms with van der Waals surface area (Å²) in [6.45, 7) is 17.2. The minimum atomic E-state index is -4.57. The fraction of sp³-hybridized carbons (Fsp3) is 0.381. The van der Waals surface area contributed by atoms with Gasteiger partial charge in [0.25, 0.3) is 0 Å². The van der Waals surface area contributed by atoms with E-state index >= 15 is 0 Å². The van der Waals surface area contributed by atoms with Crippen LogP contribution in [0.2, 0.25) is 0 Å². The van der Waals surface area contributed by atoms with Crippen molar-refractivity contribution < 1.29 is 21.6 Å². The molecule has 0 atom stereocenters. The molecule has 9 heteroatoms. The second kappa shape index (κ2) is 11.7. The van der Waals surface area contributed by atoms with E-state index in [1.54, 1.807) is 6.92 Å². The third-order valence-corrected chi connectivity index (χ3v) is 4.51. The van der Waals surface area contributed by atoms with E-state index in [9.17, 15) is 21.6 Å². The maximum atomic E-state index is 12.9. The summed E-state index contributed by atoms with van der Waals surface area (Å²) < 4.78 is 62.3. The maximum absolute atomic E-state index is 12.9. The molecule has 1 aromatic carbocycles. The third-order valence-electron chi connectivity index (χ3n) is 3.58. The number of hydrogen-bond donors (Lipinski definition) is 1. The molecular weight excluding hydrogens is 415 g/mol. The molecule has 0 amide bonds. The van der Waals surface area contributed by atoms with Crippen LogP contribution in [0.25, 0.3) is 5.69 Å². The number of halogens is 3. The minimum absolute atomic E-state index is 0.126. The number of rotatable bonds is 5. The molecule has 0 aliphatic heterocycles. The largest absolute Gasteiger partial charge is 0.434 e. The van der Waals surface area contributed by atoms with Crippen molar-refractivity contribution in [2.45, 2.75) is 58.5 Å². The van der Waals surface area contributed by atoms with E-state index in [-0.39, 0.29) is 17.1 Å². The van der Waals surface area contributed by atoms with E-state index in [1.165, 1.54) is 34.4 Å². The van der Waals surface area contributed by atoms with Gasteiger partial charge in [-0.1, -0.05) is 38.5 Å². The van der Waals surface area contributed by atoms with Crippen molar-refractivity contribution in [3.63, 3.8) is 0 Å². The van der Waals surface area contributed by atoms with Gasteiger partial charge in [-0.05, 0) is 44.5 Å². The number of imidazole rings is 1. The number of primary sulfonamides is 1. The molecule has 0 spiro atoms. The number of benzene rings is 1. The molecule has 5 nitrogen and oxygen atoms in total. The van der Waals surface area contributed by atoms with Gasteiger partial charge in [0.15, 0.2) is 5.69 Å². The summed E-state index contributed by atoms with van der Waals surface area (Å²) in [5.74, 6) is 0.160. The van der Waals surface area contributed by atoms with Gasteiger partial charge in [-0.25, -0.2) is 18.5 Å². The van der Waals surface area contributed by atoms with Crippen molar-refractivity contribution in [2.24, 2.45) is 5.14 Å². The van der Waals surface area contributed by atoms with Crippen LogP contribution in [0, 0.1) is 0 Å². The first-order valence-electron chi connectivity index (χ1n) is 9.33. The lowest BCUT2D eigenvalue weighted by Gasteiger charge is -2.08. The number of sulfonamides is 1. The highest BCUT2D eigenvalue weighted by molar-refractivity contribution is 7.89. The molecule has 2 N–H and O–H groups in total. The maximum Gasteiger partial charge on any atom is 0.434 e. The zero-order valence-corrected chi connectivity index (χ0v) is 18.9. The summed E-state index contributed by atoms with van der Waals surface area (Å²) in [6, 6.07) is 5.18. The quantitative estimate of drug-likeness (QED) is 0.604. The first-order valence-corrected chi connectivity index (χ1v) is 10.9. The summed E-state index contributed by atoms with van der Waals surface area (Å²) in [5, 5.41) is 5.00. The van der Waals surface area contributed by atoms with Crippen LogP contribution in [-0.2, 0) is 22.6 Å². The topological polar surface area (TPSA) is 78.0 Å². The normalized spacial score (nSPS) is 11.0. The van der Waals surface area contributed by atoms with Gasteiger partial charge in [-0.3, -0.25) is 0 Å². The Labute approximate surface area is 177 Å². The highest BCUT2D eigenvalue weighted by Crippen LogP contribution is 2.30. The Morgan fingerprint density at radius 3 is 1.90 bits per heavy atom. The zero-order chi connectivity index (χ0) is 23.7. The minimum Gasteiger partial charge on any atom is -0.303 e. The monoisotopic (exact) mass is 445 g/mol. The SMILES string of the molecule is C=C(C)CC.C=C(C)Cc1nc(C(F)(F)F)cn1-c1ccc(S(N)(=O)=O)cc1.CC. The van der Waals surface area contributed by atoms with Gasteiger partial charge in [0.1, 0.15) is 5.82 Å². The smallest absolute Gasteiger partial charge is 0.303 e. The van der Waals surface area contributed by atoms with Crippen LogP contribution < -0.4 is 5.14 Å². The van der Waals surface area contributed by atoms with Crippen molar-refractivity contribution in [1.82, 2.24) is 9.55 Å². The molecule has 1 heterocycles. The van der Waals surface area contributed by atoms with E-state index in [2.05, 4.69) is 25.1 Å². The highest BCUT2D eigenvalue weighted by Gasteiger charge is 2.34. The number of aromatic nitrogens is 2. The van der Waals surface area contributed by atoms with Crippen molar-refractivity contribution in [3.8, 4) is 5.69 Å². The number of hydrogen-bond acceptors (Lipinski definition) is 3.